The molecule has 0 saturated heterocycles. The second-order valence-corrected chi connectivity index (χ2v) is 3.03. The Hall–Kier alpha value is 0.570. The summed E-state index contributed by atoms with van der Waals surface area (Å²) in [6.07, 6.45) is 0. The van der Waals surface area contributed by atoms with E-state index in [1.54, 1.807) is 0 Å². The Morgan fingerprint density at radius 2 is 1.62 bits per heavy atom. The van der Waals surface area contributed by atoms with Crippen LogP contribution in [0.2, 0.25) is 0 Å². The fourth-order valence-corrected chi connectivity index (χ4v) is 0.672. The van der Waals surface area contributed by atoms with Crippen LogP contribution in [0.3, 0.4) is 0 Å². The Morgan fingerprint density at radius 3 is 1.88 bits per heavy atom. The monoisotopic (exact) mass is 232 g/mol. The van der Waals surface area contributed by atoms with Crippen LogP contribution in [0.25, 0.3) is 0 Å². The normalized spacial score (nSPS) is 10.5. The number of hydrogen-bond acceptors (Lipinski definition) is 4. The highest BCUT2D eigenvalue weighted by atomic mass is 127. The van der Waals surface area contributed by atoms with Crippen LogP contribution in [0.1, 0.15) is 0 Å². The topological polar surface area (TPSA) is 70.5 Å². The maximum absolute atomic E-state index is 4.76. The second-order valence-electron chi connectivity index (χ2n) is 1.26. The van der Waals surface area contributed by atoms with Gasteiger partial charge in [-0.2, -0.15) is 0 Å². The lowest BCUT2D eigenvalue weighted by molar-refractivity contribution is -0.434. The molecule has 0 aromatic rings. The van der Waals surface area contributed by atoms with Gasteiger partial charge in [0.2, 0.25) is 0 Å². The van der Waals surface area contributed by atoms with E-state index in [9.17, 15) is 0 Å². The van der Waals surface area contributed by atoms with Gasteiger partial charge in [-0.25, -0.2) is 11.8 Å². The Bertz CT molecular complexity index is 48.5. The molecule has 0 aromatic heterocycles. The highest BCUT2D eigenvalue weighted by Crippen LogP contribution is 1.70. The molecule has 0 aliphatic heterocycles. The Balaban J connectivity index is 2.92. The van der Waals surface area contributed by atoms with E-state index in [1.165, 1.54) is 0 Å². The van der Waals surface area contributed by atoms with Gasteiger partial charge in [-0.3, -0.25) is 0 Å². The number of rotatable bonds is 4. The van der Waals surface area contributed by atoms with Gasteiger partial charge in [-0.05, 0) is 0 Å². The number of alkyl halides is 1. The molecule has 0 saturated carbocycles. The molecule has 0 aliphatic rings. The maximum Gasteiger partial charge on any atom is 0.0513 e. The van der Waals surface area contributed by atoms with Crippen molar-refractivity contribution in [3.05, 3.63) is 0 Å². The molecule has 0 aliphatic carbocycles. The van der Waals surface area contributed by atoms with Gasteiger partial charge in [0, 0.05) is 0 Å². The molecule has 1 radical (unpaired) electrons. The minimum atomic E-state index is 0.239. The van der Waals surface area contributed by atoms with Gasteiger partial charge < -0.3 is 32.3 Å². The summed E-state index contributed by atoms with van der Waals surface area (Å²) in [7, 11) is 0. The highest BCUT2D eigenvalue weighted by Gasteiger charge is 1.88. The van der Waals surface area contributed by atoms with Gasteiger partial charge in [0.25, 0.3) is 0 Å². The van der Waals surface area contributed by atoms with Crippen molar-refractivity contribution >= 4 is 0 Å². The minimum absolute atomic E-state index is 0.239. The zero-order valence-electron chi connectivity index (χ0n) is 4.34. The van der Waals surface area contributed by atoms with Gasteiger partial charge >= 0.3 is 0 Å². The second kappa shape index (κ2) is 5.70. The van der Waals surface area contributed by atoms with Crippen molar-refractivity contribution in [1.29, 1.82) is 0 Å². The third-order valence-corrected chi connectivity index (χ3v) is 1.27. The molecule has 4 N–H and O–H groups in total. The lowest BCUT2D eigenvalue weighted by Crippen LogP contribution is -3.40. The van der Waals surface area contributed by atoms with Gasteiger partial charge in [-0.15, -0.1) is 3.92 Å². The van der Waals surface area contributed by atoms with Gasteiger partial charge in [-0.1, -0.05) is 0 Å². The fourth-order valence-electron chi connectivity index (χ4n) is 0.257. The summed E-state index contributed by atoms with van der Waals surface area (Å²) in [5.74, 6) is 9.52. The number of hydrogen-bond donors (Lipinski definition) is 2. The lowest BCUT2D eigenvalue weighted by Gasteiger charge is -2.17. The van der Waals surface area contributed by atoms with Crippen molar-refractivity contribution in [2.24, 2.45) is 11.8 Å². The summed E-state index contributed by atoms with van der Waals surface area (Å²) in [4.78, 5) is 8.63. The van der Waals surface area contributed by atoms with E-state index in [0.717, 1.165) is 0 Å². The summed E-state index contributed by atoms with van der Waals surface area (Å²) in [5.41, 5.74) is 0. The molecule has 5 heteroatoms. The molecule has 0 unspecified atom stereocenters. The van der Waals surface area contributed by atoms with Crippen LogP contribution in [-0.2, 0) is 9.68 Å². The van der Waals surface area contributed by atoms with E-state index >= 15 is 0 Å². The van der Waals surface area contributed by atoms with E-state index in [0.29, 0.717) is 13.2 Å². The molecule has 0 amide bonds. The van der Waals surface area contributed by atoms with Crippen LogP contribution in [0, 0.1) is 0 Å². The average Bonchev–Trinajstić information content (AvgIpc) is 1.68. The Labute approximate surface area is 61.5 Å². The van der Waals surface area contributed by atoms with Gasteiger partial charge in [0.1, 0.15) is 0 Å². The Kier molecular flexibility index (Phi) is 6.11. The first-order valence-electron chi connectivity index (χ1n) is 2.08. The number of nitrogens with two attached hydrogens (primary N) is 2. The quantitative estimate of drug-likeness (QED) is 0.292. The summed E-state index contributed by atoms with van der Waals surface area (Å²) in [6.45, 7) is 0.940. The van der Waals surface area contributed by atoms with Crippen molar-refractivity contribution in [2.75, 3.05) is 13.2 Å². The predicted octanol–water partition coefficient (Wildman–Crippen LogP) is -4.31. The average molecular weight is 232 g/mol. The van der Waals surface area contributed by atoms with E-state index in [1.807, 2.05) is 0 Å². The third kappa shape index (κ3) is 4.72. The van der Waals surface area contributed by atoms with Crippen molar-refractivity contribution in [2.45, 2.75) is 3.92 Å². The number of halogens is 1. The predicted molar refractivity (Wildman–Crippen MR) is 24.1 cm³/mol. The third-order valence-electron chi connectivity index (χ3n) is 0.554. The van der Waals surface area contributed by atoms with Crippen LogP contribution < -0.4 is 34.4 Å². The molecule has 8 heavy (non-hydrogen) atoms. The van der Waals surface area contributed by atoms with E-state index in [-0.39, 0.29) is 3.92 Å². The first-order valence-corrected chi connectivity index (χ1v) is 3.33. The molecule has 0 aromatic carbocycles. The molecule has 0 fully saturated rings. The Morgan fingerprint density at radius 1 is 1.25 bits per heavy atom. The molecular formula is C3H9IN2O2-. The fraction of sp³-hybridized carbons (Fsp3) is 1.00. The lowest BCUT2D eigenvalue weighted by atomic mass is 10.5. The minimum Gasteiger partial charge on any atom is -0.789 e. The van der Waals surface area contributed by atoms with Crippen LogP contribution >= 0.6 is 0 Å². The SMILES string of the molecule is NOCC([I-])CON. The van der Waals surface area contributed by atoms with E-state index in [2.05, 4.69) is 32.3 Å². The smallest absolute Gasteiger partial charge is 0.0513 e. The van der Waals surface area contributed by atoms with Crippen LogP contribution in [0.15, 0.2) is 0 Å². The van der Waals surface area contributed by atoms with Crippen LogP contribution in [0.5, 0.6) is 0 Å². The zero-order chi connectivity index (χ0) is 6.41. The first kappa shape index (κ1) is 8.57. The molecule has 0 heterocycles. The molecule has 0 spiro atoms. The molecule has 51 valence electrons. The van der Waals surface area contributed by atoms with E-state index < -0.39 is 0 Å². The van der Waals surface area contributed by atoms with Gasteiger partial charge in [0.15, 0.2) is 0 Å². The summed E-state index contributed by atoms with van der Waals surface area (Å²) in [6, 6.07) is 0. The highest BCUT2D eigenvalue weighted by molar-refractivity contribution is 4.45. The maximum atomic E-state index is 4.76. The molecule has 4 nitrogen and oxygen atoms in total. The molecule has 0 atom stereocenters. The van der Waals surface area contributed by atoms with Crippen LogP contribution in [0.4, 0.5) is 0 Å². The summed E-state index contributed by atoms with van der Waals surface area (Å²) >= 11 is 2.13. The summed E-state index contributed by atoms with van der Waals surface area (Å²) < 4.78 is 0.239. The summed E-state index contributed by atoms with van der Waals surface area (Å²) in [5, 5.41) is 0. The zero-order valence-corrected chi connectivity index (χ0v) is 6.50. The molecular weight excluding hydrogens is 223 g/mol. The largest absolute Gasteiger partial charge is 0.789 e. The van der Waals surface area contributed by atoms with Crippen molar-refractivity contribution in [1.82, 2.24) is 0 Å². The van der Waals surface area contributed by atoms with Crippen molar-refractivity contribution in [3.63, 3.8) is 0 Å². The van der Waals surface area contributed by atoms with Gasteiger partial charge in [0.05, 0.1) is 13.2 Å². The van der Waals surface area contributed by atoms with Crippen LogP contribution in [-0.4, -0.2) is 17.1 Å². The van der Waals surface area contributed by atoms with E-state index in [4.69, 9.17) is 11.8 Å². The molecule has 0 bridgehead atoms. The van der Waals surface area contributed by atoms with Crippen molar-refractivity contribution in [3.8, 4) is 0 Å². The molecule has 0 rings (SSSR count). The van der Waals surface area contributed by atoms with Crippen molar-refractivity contribution < 1.29 is 32.3 Å². The first-order chi connectivity index (χ1) is 3.81. The standard InChI is InChI=1S/C3H9IN2O2/c4-3(1-7-5)2-8-6/h3H,1-2,5-6H2/q-1.